The Bertz CT molecular complexity index is 1600. The Kier molecular flexibility index (Phi) is 4.92. The molecule has 2 aromatic heterocycles. The second kappa shape index (κ2) is 8.24. The third-order valence-corrected chi connectivity index (χ3v) is 6.61. The van der Waals surface area contributed by atoms with E-state index in [0.717, 1.165) is 17.0 Å². The molecular formula is C32H24N2. The molecule has 2 heteroatoms. The van der Waals surface area contributed by atoms with Crippen molar-refractivity contribution >= 4 is 21.5 Å². The fourth-order valence-electron chi connectivity index (χ4n) is 4.92. The Morgan fingerprint density at radius 3 is 1.79 bits per heavy atom. The van der Waals surface area contributed by atoms with Crippen LogP contribution in [0.2, 0.25) is 0 Å². The van der Waals surface area contributed by atoms with Crippen LogP contribution in [0.1, 0.15) is 11.1 Å². The Labute approximate surface area is 199 Å². The molecule has 0 fully saturated rings. The predicted octanol–water partition coefficient (Wildman–Crippen LogP) is 8.40. The lowest BCUT2D eigenvalue weighted by molar-refractivity contribution is 1.24. The van der Waals surface area contributed by atoms with Gasteiger partial charge in [-0.3, -0.25) is 9.97 Å². The minimum atomic E-state index is 0.887. The van der Waals surface area contributed by atoms with Gasteiger partial charge >= 0.3 is 0 Å². The summed E-state index contributed by atoms with van der Waals surface area (Å²) in [6.07, 6.45) is 3.76. The Morgan fingerprint density at radius 2 is 1.15 bits per heavy atom. The fourth-order valence-corrected chi connectivity index (χ4v) is 4.92. The number of hydrogen-bond donors (Lipinski definition) is 0. The van der Waals surface area contributed by atoms with E-state index in [1.807, 2.05) is 24.4 Å². The van der Waals surface area contributed by atoms with Crippen LogP contribution >= 0.6 is 0 Å². The van der Waals surface area contributed by atoms with Crippen LogP contribution in [0.5, 0.6) is 0 Å². The summed E-state index contributed by atoms with van der Waals surface area (Å²) in [5.41, 5.74) is 9.20. The molecule has 0 amide bonds. The summed E-state index contributed by atoms with van der Waals surface area (Å²) in [7, 11) is 0. The standard InChI is InChI=1S/C32H24N2/c1-21-18-29(32-26-11-5-3-9-23(26)19-24-10-4-6-12-27(24)32)22(2)17-28(21)25-14-15-31(34-20-25)30-13-7-8-16-33-30/h3-20H,1-2H3. The maximum absolute atomic E-state index is 4.70. The second-order valence-corrected chi connectivity index (χ2v) is 8.82. The summed E-state index contributed by atoms with van der Waals surface area (Å²) < 4.78 is 0. The van der Waals surface area contributed by atoms with Gasteiger partial charge in [0, 0.05) is 18.0 Å². The van der Waals surface area contributed by atoms with E-state index in [4.69, 9.17) is 4.98 Å². The number of rotatable bonds is 3. The molecule has 0 unspecified atom stereocenters. The zero-order valence-corrected chi connectivity index (χ0v) is 19.3. The number of aryl methyl sites for hydroxylation is 2. The van der Waals surface area contributed by atoms with Gasteiger partial charge in [0.2, 0.25) is 0 Å². The molecule has 0 aliphatic carbocycles. The van der Waals surface area contributed by atoms with Gasteiger partial charge in [0.1, 0.15) is 0 Å². The monoisotopic (exact) mass is 436 g/mol. The van der Waals surface area contributed by atoms with Crippen LogP contribution in [0.15, 0.2) is 109 Å². The second-order valence-electron chi connectivity index (χ2n) is 8.82. The molecule has 6 aromatic rings. The van der Waals surface area contributed by atoms with Crippen molar-refractivity contribution in [2.24, 2.45) is 0 Å². The summed E-state index contributed by atoms with van der Waals surface area (Å²) in [5.74, 6) is 0. The lowest BCUT2D eigenvalue weighted by atomic mass is 9.87. The minimum Gasteiger partial charge on any atom is -0.255 e. The third kappa shape index (κ3) is 3.45. The van der Waals surface area contributed by atoms with Crippen LogP contribution in [0.25, 0.3) is 55.2 Å². The Morgan fingerprint density at radius 1 is 0.529 bits per heavy atom. The maximum Gasteiger partial charge on any atom is 0.0886 e. The predicted molar refractivity (Wildman–Crippen MR) is 143 cm³/mol. The molecule has 0 N–H and O–H groups in total. The molecule has 0 radical (unpaired) electrons. The highest BCUT2D eigenvalue weighted by Gasteiger charge is 2.14. The van der Waals surface area contributed by atoms with Crippen molar-refractivity contribution in [2.45, 2.75) is 13.8 Å². The van der Waals surface area contributed by atoms with Crippen molar-refractivity contribution < 1.29 is 0 Å². The highest BCUT2D eigenvalue weighted by Crippen LogP contribution is 2.40. The normalized spacial score (nSPS) is 11.2. The molecule has 0 bridgehead atoms. The van der Waals surface area contributed by atoms with Gasteiger partial charge in [-0.25, -0.2) is 0 Å². The van der Waals surface area contributed by atoms with E-state index in [2.05, 4.69) is 97.7 Å². The average molecular weight is 437 g/mol. The molecule has 6 rings (SSSR count). The topological polar surface area (TPSA) is 25.8 Å². The number of fused-ring (bicyclic) bond motifs is 2. The van der Waals surface area contributed by atoms with Gasteiger partial charge in [0.25, 0.3) is 0 Å². The highest BCUT2D eigenvalue weighted by atomic mass is 14.8. The largest absolute Gasteiger partial charge is 0.255 e. The molecule has 0 saturated carbocycles. The van der Waals surface area contributed by atoms with Gasteiger partial charge in [-0.05, 0) is 87.5 Å². The molecule has 2 heterocycles. The van der Waals surface area contributed by atoms with E-state index in [1.54, 1.807) is 6.20 Å². The van der Waals surface area contributed by atoms with Gasteiger partial charge in [0.05, 0.1) is 11.4 Å². The fraction of sp³-hybridized carbons (Fsp3) is 0.0625. The van der Waals surface area contributed by atoms with E-state index in [0.29, 0.717) is 0 Å². The molecule has 0 aliphatic heterocycles. The zero-order valence-electron chi connectivity index (χ0n) is 19.3. The zero-order chi connectivity index (χ0) is 23.1. The molecule has 2 nitrogen and oxygen atoms in total. The summed E-state index contributed by atoms with van der Waals surface area (Å²) in [6, 6.07) is 34.4. The smallest absolute Gasteiger partial charge is 0.0886 e. The van der Waals surface area contributed by atoms with Crippen LogP contribution in [0, 0.1) is 13.8 Å². The summed E-state index contributed by atoms with van der Waals surface area (Å²) in [4.78, 5) is 9.11. The van der Waals surface area contributed by atoms with Crippen molar-refractivity contribution in [1.82, 2.24) is 9.97 Å². The number of pyridine rings is 2. The van der Waals surface area contributed by atoms with E-state index >= 15 is 0 Å². The first kappa shape index (κ1) is 20.3. The lowest BCUT2D eigenvalue weighted by Crippen LogP contribution is -1.93. The first-order chi connectivity index (χ1) is 16.7. The van der Waals surface area contributed by atoms with Gasteiger partial charge in [0.15, 0.2) is 0 Å². The number of nitrogens with zero attached hydrogens (tertiary/aromatic N) is 2. The summed E-state index contributed by atoms with van der Waals surface area (Å²) in [5, 5.41) is 5.12. The SMILES string of the molecule is Cc1cc(-c2c3ccccc3cc3ccccc23)c(C)cc1-c1ccc(-c2ccccn2)nc1. The first-order valence-electron chi connectivity index (χ1n) is 11.6. The maximum atomic E-state index is 4.70. The van der Waals surface area contributed by atoms with Gasteiger partial charge in [-0.2, -0.15) is 0 Å². The molecule has 4 aromatic carbocycles. The van der Waals surface area contributed by atoms with E-state index in [-0.39, 0.29) is 0 Å². The van der Waals surface area contributed by atoms with Crippen LogP contribution in [0.4, 0.5) is 0 Å². The Hall–Kier alpha value is -4.30. The highest BCUT2D eigenvalue weighted by molar-refractivity contribution is 6.13. The summed E-state index contributed by atoms with van der Waals surface area (Å²) >= 11 is 0. The van der Waals surface area contributed by atoms with E-state index in [9.17, 15) is 0 Å². The Balaban J connectivity index is 1.50. The number of aromatic nitrogens is 2. The molecule has 0 atom stereocenters. The molecular weight excluding hydrogens is 412 g/mol. The molecule has 0 saturated heterocycles. The van der Waals surface area contributed by atoms with Crippen molar-refractivity contribution in [2.75, 3.05) is 0 Å². The molecule has 162 valence electrons. The quantitative estimate of drug-likeness (QED) is 0.260. The third-order valence-electron chi connectivity index (χ3n) is 6.61. The molecule has 34 heavy (non-hydrogen) atoms. The van der Waals surface area contributed by atoms with Gasteiger partial charge in [-0.1, -0.05) is 72.8 Å². The van der Waals surface area contributed by atoms with Crippen LogP contribution < -0.4 is 0 Å². The summed E-state index contributed by atoms with van der Waals surface area (Å²) in [6.45, 7) is 4.41. The number of hydrogen-bond acceptors (Lipinski definition) is 2. The van der Waals surface area contributed by atoms with Gasteiger partial charge < -0.3 is 0 Å². The van der Waals surface area contributed by atoms with Gasteiger partial charge in [-0.15, -0.1) is 0 Å². The van der Waals surface area contributed by atoms with Crippen molar-refractivity contribution in [1.29, 1.82) is 0 Å². The number of benzene rings is 4. The molecule has 0 spiro atoms. The van der Waals surface area contributed by atoms with Crippen molar-refractivity contribution in [3.05, 3.63) is 121 Å². The van der Waals surface area contributed by atoms with E-state index < -0.39 is 0 Å². The first-order valence-corrected chi connectivity index (χ1v) is 11.6. The average Bonchev–Trinajstić information content (AvgIpc) is 2.89. The molecule has 0 aliphatic rings. The van der Waals surface area contributed by atoms with Crippen molar-refractivity contribution in [3.63, 3.8) is 0 Å². The van der Waals surface area contributed by atoms with Crippen molar-refractivity contribution in [3.8, 4) is 33.6 Å². The lowest BCUT2D eigenvalue weighted by Gasteiger charge is -2.17. The van der Waals surface area contributed by atoms with Crippen LogP contribution in [-0.4, -0.2) is 9.97 Å². The van der Waals surface area contributed by atoms with E-state index in [1.165, 1.54) is 49.4 Å². The van der Waals surface area contributed by atoms with Crippen LogP contribution in [-0.2, 0) is 0 Å². The minimum absolute atomic E-state index is 0.887. The van der Waals surface area contributed by atoms with Crippen LogP contribution in [0.3, 0.4) is 0 Å².